The van der Waals surface area contributed by atoms with E-state index in [1.807, 2.05) is 0 Å². The van der Waals surface area contributed by atoms with Gasteiger partial charge in [-0.2, -0.15) is 0 Å². The van der Waals surface area contributed by atoms with Crippen LogP contribution in [0.15, 0.2) is 42.5 Å². The van der Waals surface area contributed by atoms with Crippen molar-refractivity contribution in [2.45, 2.75) is 25.3 Å². The lowest BCUT2D eigenvalue weighted by atomic mass is 9.97. The highest BCUT2D eigenvalue weighted by Gasteiger charge is 2.09. The Morgan fingerprint density at radius 2 is 1.89 bits per heavy atom. The van der Waals surface area contributed by atoms with Crippen LogP contribution in [0.2, 0.25) is 0 Å². The number of nitrogens with two attached hydrogens (primary N) is 1. The fraction of sp³-hybridized carbons (Fsp3) is 0.333. The largest absolute Gasteiger partial charge is 0.271 e. The van der Waals surface area contributed by atoms with Gasteiger partial charge in [0.2, 0.25) is 0 Å². The summed E-state index contributed by atoms with van der Waals surface area (Å²) in [4.78, 5) is 0. The van der Waals surface area contributed by atoms with Crippen LogP contribution in [0.1, 0.15) is 18.4 Å². The molecule has 0 aromatic heterocycles. The first-order valence-electron chi connectivity index (χ1n) is 6.34. The summed E-state index contributed by atoms with van der Waals surface area (Å²) < 4.78 is 0. The second-order valence-electron chi connectivity index (χ2n) is 4.54. The topological polar surface area (TPSA) is 38.0 Å². The molecule has 0 spiro atoms. The lowest BCUT2D eigenvalue weighted by molar-refractivity contribution is 0.488. The molecule has 0 bridgehead atoms. The molecule has 0 fully saturated rings. The fourth-order valence-corrected chi connectivity index (χ4v) is 2.46. The quantitative estimate of drug-likeness (QED) is 0.477. The van der Waals surface area contributed by atoms with E-state index in [2.05, 4.69) is 47.9 Å². The van der Waals surface area contributed by atoms with E-state index < -0.39 is 0 Å². The predicted octanol–water partition coefficient (Wildman–Crippen LogP) is 3.23. The maximum absolute atomic E-state index is 5.73. The van der Waals surface area contributed by atoms with Gasteiger partial charge in [0.25, 0.3) is 0 Å². The molecule has 3 heteroatoms. The summed E-state index contributed by atoms with van der Waals surface area (Å²) in [6.07, 6.45) is 2.93. The molecule has 0 aliphatic carbocycles. The second kappa shape index (κ2) is 6.74. The highest BCUT2D eigenvalue weighted by atomic mass is 35.5. The number of hydrogen-bond acceptors (Lipinski definition) is 2. The molecule has 1 atom stereocenters. The van der Waals surface area contributed by atoms with Crippen LogP contribution in [-0.2, 0) is 6.42 Å². The standard InChI is InChI=1S/C15H19ClN2/c16-10-4-8-14(18-17)11-13-7-3-6-12-5-1-2-9-15(12)13/h1-3,5-7,9,14,18H,4,8,10-11,17H2. The number of rotatable bonds is 6. The van der Waals surface area contributed by atoms with E-state index in [1.54, 1.807) is 0 Å². The number of nitrogens with one attached hydrogen (secondary N) is 1. The number of hydrazine groups is 1. The van der Waals surface area contributed by atoms with Crippen molar-refractivity contribution in [3.05, 3.63) is 48.0 Å². The molecule has 96 valence electrons. The van der Waals surface area contributed by atoms with Crippen molar-refractivity contribution < 1.29 is 0 Å². The van der Waals surface area contributed by atoms with Crippen LogP contribution < -0.4 is 11.3 Å². The average molecular weight is 263 g/mol. The molecule has 3 N–H and O–H groups in total. The van der Waals surface area contributed by atoms with Gasteiger partial charge in [-0.3, -0.25) is 11.3 Å². The van der Waals surface area contributed by atoms with Gasteiger partial charge in [-0.1, -0.05) is 42.5 Å². The third-order valence-electron chi connectivity index (χ3n) is 3.27. The van der Waals surface area contributed by atoms with E-state index in [4.69, 9.17) is 17.4 Å². The lowest BCUT2D eigenvalue weighted by Gasteiger charge is -2.16. The molecule has 0 aliphatic rings. The molecular formula is C15H19ClN2. The Labute approximate surface area is 113 Å². The zero-order chi connectivity index (χ0) is 12.8. The van der Waals surface area contributed by atoms with E-state index >= 15 is 0 Å². The van der Waals surface area contributed by atoms with Crippen LogP contribution in [0.3, 0.4) is 0 Å². The zero-order valence-electron chi connectivity index (χ0n) is 10.4. The van der Waals surface area contributed by atoms with Crippen molar-refractivity contribution in [1.82, 2.24) is 5.43 Å². The molecule has 2 aromatic rings. The number of halogens is 1. The van der Waals surface area contributed by atoms with Crippen LogP contribution in [0.25, 0.3) is 10.8 Å². The average Bonchev–Trinajstić information content (AvgIpc) is 2.43. The van der Waals surface area contributed by atoms with Crippen molar-refractivity contribution in [1.29, 1.82) is 0 Å². The van der Waals surface area contributed by atoms with Gasteiger partial charge in [-0.25, -0.2) is 0 Å². The number of fused-ring (bicyclic) bond motifs is 1. The summed E-state index contributed by atoms with van der Waals surface area (Å²) in [6, 6.07) is 15.2. The maximum Gasteiger partial charge on any atom is 0.0251 e. The van der Waals surface area contributed by atoms with Crippen molar-refractivity contribution in [2.24, 2.45) is 5.84 Å². The van der Waals surface area contributed by atoms with Crippen molar-refractivity contribution in [3.8, 4) is 0 Å². The minimum absolute atomic E-state index is 0.287. The van der Waals surface area contributed by atoms with Gasteiger partial charge in [0.05, 0.1) is 0 Å². The van der Waals surface area contributed by atoms with Crippen LogP contribution in [0.5, 0.6) is 0 Å². The number of hydrogen-bond donors (Lipinski definition) is 2. The number of benzene rings is 2. The Hall–Kier alpha value is -1.09. The summed E-state index contributed by atoms with van der Waals surface area (Å²) >= 11 is 5.73. The third kappa shape index (κ3) is 3.22. The fourth-order valence-electron chi connectivity index (χ4n) is 2.30. The van der Waals surface area contributed by atoms with Gasteiger partial charge in [0.15, 0.2) is 0 Å². The lowest BCUT2D eigenvalue weighted by Crippen LogP contribution is -2.36. The van der Waals surface area contributed by atoms with E-state index in [1.165, 1.54) is 16.3 Å². The first kappa shape index (κ1) is 13.3. The molecule has 0 radical (unpaired) electrons. The van der Waals surface area contributed by atoms with E-state index in [0.717, 1.165) is 19.3 Å². The number of alkyl halides is 1. The van der Waals surface area contributed by atoms with Crippen LogP contribution in [-0.4, -0.2) is 11.9 Å². The van der Waals surface area contributed by atoms with E-state index in [9.17, 15) is 0 Å². The van der Waals surface area contributed by atoms with Crippen LogP contribution in [0.4, 0.5) is 0 Å². The minimum atomic E-state index is 0.287. The zero-order valence-corrected chi connectivity index (χ0v) is 11.2. The SMILES string of the molecule is NNC(CCCCl)Cc1cccc2ccccc12. The monoisotopic (exact) mass is 262 g/mol. The van der Waals surface area contributed by atoms with Crippen LogP contribution >= 0.6 is 11.6 Å². The van der Waals surface area contributed by atoms with E-state index in [-0.39, 0.29) is 6.04 Å². The molecule has 2 aromatic carbocycles. The molecule has 2 nitrogen and oxygen atoms in total. The Kier molecular flexibility index (Phi) is 5.00. The first-order chi connectivity index (χ1) is 8.85. The van der Waals surface area contributed by atoms with Crippen molar-refractivity contribution >= 4 is 22.4 Å². The molecule has 0 aliphatic heterocycles. The molecule has 0 amide bonds. The summed E-state index contributed by atoms with van der Waals surface area (Å²) in [7, 11) is 0. The summed E-state index contributed by atoms with van der Waals surface area (Å²) in [6.45, 7) is 0. The van der Waals surface area contributed by atoms with Crippen molar-refractivity contribution in [2.75, 3.05) is 5.88 Å². The van der Waals surface area contributed by atoms with Gasteiger partial charge in [0.1, 0.15) is 0 Å². The second-order valence-corrected chi connectivity index (χ2v) is 4.92. The first-order valence-corrected chi connectivity index (χ1v) is 6.87. The normalized spacial score (nSPS) is 12.8. The third-order valence-corrected chi connectivity index (χ3v) is 3.54. The van der Waals surface area contributed by atoms with E-state index in [0.29, 0.717) is 5.88 Å². The molecule has 18 heavy (non-hydrogen) atoms. The Balaban J connectivity index is 2.19. The Bertz CT molecular complexity index is 493. The van der Waals surface area contributed by atoms with Gasteiger partial charge in [-0.15, -0.1) is 11.6 Å². The maximum atomic E-state index is 5.73. The highest BCUT2D eigenvalue weighted by molar-refractivity contribution is 6.17. The summed E-state index contributed by atoms with van der Waals surface area (Å²) in [5.74, 6) is 6.30. The molecule has 0 saturated heterocycles. The summed E-state index contributed by atoms with van der Waals surface area (Å²) in [5, 5.41) is 2.59. The van der Waals surface area contributed by atoms with Gasteiger partial charge in [0, 0.05) is 11.9 Å². The Morgan fingerprint density at radius 1 is 1.11 bits per heavy atom. The predicted molar refractivity (Wildman–Crippen MR) is 78.7 cm³/mol. The smallest absolute Gasteiger partial charge is 0.0251 e. The highest BCUT2D eigenvalue weighted by Crippen LogP contribution is 2.20. The molecule has 0 saturated carbocycles. The van der Waals surface area contributed by atoms with Crippen LogP contribution in [0, 0.1) is 0 Å². The summed E-state index contributed by atoms with van der Waals surface area (Å²) in [5.41, 5.74) is 4.23. The molecule has 2 rings (SSSR count). The molecule has 0 heterocycles. The van der Waals surface area contributed by atoms with Gasteiger partial charge < -0.3 is 0 Å². The van der Waals surface area contributed by atoms with Gasteiger partial charge >= 0.3 is 0 Å². The molecule has 1 unspecified atom stereocenters. The Morgan fingerprint density at radius 3 is 2.67 bits per heavy atom. The van der Waals surface area contributed by atoms with Gasteiger partial charge in [-0.05, 0) is 35.6 Å². The minimum Gasteiger partial charge on any atom is -0.271 e. The molecular weight excluding hydrogens is 244 g/mol. The van der Waals surface area contributed by atoms with Crippen molar-refractivity contribution in [3.63, 3.8) is 0 Å².